The van der Waals surface area contributed by atoms with E-state index in [1.807, 2.05) is 26.8 Å². The van der Waals surface area contributed by atoms with Crippen molar-refractivity contribution in [2.45, 2.75) is 78.6 Å². The first-order chi connectivity index (χ1) is 17.1. The Morgan fingerprint density at radius 1 is 1.31 bits per heavy atom. The molecular formula is C26H36N5O3S2+. The summed E-state index contributed by atoms with van der Waals surface area (Å²) in [6.07, 6.45) is 5.56. The number of quaternary nitrogens is 1. The van der Waals surface area contributed by atoms with Crippen molar-refractivity contribution in [3.8, 4) is 10.6 Å². The van der Waals surface area contributed by atoms with Crippen LogP contribution in [0.2, 0.25) is 0 Å². The van der Waals surface area contributed by atoms with Gasteiger partial charge in [0.2, 0.25) is 0 Å². The van der Waals surface area contributed by atoms with Crippen molar-refractivity contribution in [2.75, 3.05) is 13.1 Å². The highest BCUT2D eigenvalue weighted by atomic mass is 32.1. The number of aromatic nitrogens is 2. The summed E-state index contributed by atoms with van der Waals surface area (Å²) in [5.74, 6) is 0.145. The highest BCUT2D eigenvalue weighted by molar-refractivity contribution is 7.22. The van der Waals surface area contributed by atoms with Crippen molar-refractivity contribution in [3.05, 3.63) is 33.8 Å². The SMILES string of the molecule is CCC(C)NCCC(=O)[NH2+]Cc1sc2c(c1-c1nc3cnccc3s1)CCN(C(=O)OC(C)(C)C)C2. The number of nitrogens with two attached hydrogens (primary N) is 1. The van der Waals surface area contributed by atoms with Gasteiger partial charge in [0, 0.05) is 35.8 Å². The predicted octanol–water partition coefficient (Wildman–Crippen LogP) is 4.08. The molecule has 4 heterocycles. The average molecular weight is 531 g/mol. The number of thiophene rings is 1. The average Bonchev–Trinajstić information content (AvgIpc) is 3.41. The molecule has 0 aromatic carbocycles. The molecule has 0 aliphatic carbocycles. The van der Waals surface area contributed by atoms with Crippen molar-refractivity contribution >= 4 is 44.9 Å². The van der Waals surface area contributed by atoms with Gasteiger partial charge in [-0.1, -0.05) is 6.92 Å². The Hall–Kier alpha value is -2.40. The first-order valence-corrected chi connectivity index (χ1v) is 14.2. The molecule has 0 saturated carbocycles. The summed E-state index contributed by atoms with van der Waals surface area (Å²) < 4.78 is 6.70. The summed E-state index contributed by atoms with van der Waals surface area (Å²) >= 11 is 3.33. The van der Waals surface area contributed by atoms with Gasteiger partial charge >= 0.3 is 12.0 Å². The van der Waals surface area contributed by atoms with Crippen molar-refractivity contribution in [1.29, 1.82) is 0 Å². The Bertz CT molecular complexity index is 1200. The van der Waals surface area contributed by atoms with E-state index >= 15 is 0 Å². The summed E-state index contributed by atoms with van der Waals surface area (Å²) in [7, 11) is 0. The van der Waals surface area contributed by atoms with Crippen molar-refractivity contribution < 1.29 is 19.6 Å². The Balaban J connectivity index is 1.56. The topological polar surface area (TPSA) is 101 Å². The van der Waals surface area contributed by atoms with E-state index in [2.05, 4.69) is 24.1 Å². The highest BCUT2D eigenvalue weighted by Gasteiger charge is 2.31. The van der Waals surface area contributed by atoms with Crippen molar-refractivity contribution in [3.63, 3.8) is 0 Å². The summed E-state index contributed by atoms with van der Waals surface area (Å²) in [6.45, 7) is 12.3. The molecule has 1 atom stereocenters. The van der Waals surface area contributed by atoms with E-state index < -0.39 is 5.60 Å². The summed E-state index contributed by atoms with van der Waals surface area (Å²) in [6, 6.07) is 2.40. The number of primary amides is 1. The Morgan fingerprint density at radius 3 is 2.83 bits per heavy atom. The Kier molecular flexibility index (Phi) is 8.39. The predicted molar refractivity (Wildman–Crippen MR) is 144 cm³/mol. The molecule has 0 spiro atoms. The van der Waals surface area contributed by atoms with Crippen molar-refractivity contribution in [1.82, 2.24) is 20.2 Å². The molecule has 1 unspecified atom stereocenters. The zero-order valence-electron chi connectivity index (χ0n) is 21.7. The molecule has 3 N–H and O–H groups in total. The van der Waals surface area contributed by atoms with E-state index in [4.69, 9.17) is 9.72 Å². The molecule has 0 fully saturated rings. The van der Waals surface area contributed by atoms with Crippen LogP contribution in [-0.4, -0.2) is 51.6 Å². The Labute approximate surface area is 220 Å². The fourth-order valence-electron chi connectivity index (χ4n) is 4.12. The van der Waals surface area contributed by atoms with Crippen LogP contribution in [0.5, 0.6) is 0 Å². The molecule has 0 radical (unpaired) electrons. The van der Waals surface area contributed by atoms with Gasteiger partial charge in [-0.3, -0.25) is 10.3 Å². The largest absolute Gasteiger partial charge is 0.444 e. The molecule has 4 rings (SSSR count). The van der Waals surface area contributed by atoms with Gasteiger partial charge in [0.25, 0.3) is 0 Å². The van der Waals surface area contributed by atoms with Crippen LogP contribution in [0.25, 0.3) is 20.8 Å². The lowest BCUT2D eigenvalue weighted by molar-refractivity contribution is -0.584. The van der Waals surface area contributed by atoms with E-state index in [9.17, 15) is 9.59 Å². The van der Waals surface area contributed by atoms with E-state index in [0.717, 1.165) is 43.4 Å². The zero-order chi connectivity index (χ0) is 25.9. The number of rotatable bonds is 8. The van der Waals surface area contributed by atoms with Gasteiger partial charge in [-0.05, 0) is 52.2 Å². The van der Waals surface area contributed by atoms with Gasteiger partial charge < -0.3 is 15.0 Å². The van der Waals surface area contributed by atoms with Crippen LogP contribution >= 0.6 is 22.7 Å². The van der Waals surface area contributed by atoms with Crippen LogP contribution in [-0.2, 0) is 29.0 Å². The zero-order valence-corrected chi connectivity index (χ0v) is 23.4. The first-order valence-electron chi connectivity index (χ1n) is 12.6. The summed E-state index contributed by atoms with van der Waals surface area (Å²) in [5.41, 5.74) is 2.71. The molecule has 0 bridgehead atoms. The molecule has 10 heteroatoms. The number of thiazole rings is 1. The van der Waals surface area contributed by atoms with Crippen LogP contribution in [0.3, 0.4) is 0 Å². The standard InChI is InChI=1S/C26H35N5O3S2/c1-6-16(2)28-11-8-22(32)29-14-20-23(24-30-18-13-27-10-7-19(18)36-24)17-9-12-31(15-21(17)35-20)25(33)34-26(3,4)5/h7,10,13,16,28H,6,8-9,11-12,14-15H2,1-5H3,(H,29,32)/p+1. The van der Waals surface area contributed by atoms with Gasteiger partial charge in [-0.25, -0.2) is 14.6 Å². The van der Waals surface area contributed by atoms with E-state index in [-0.39, 0.29) is 12.0 Å². The molecule has 3 aromatic rings. The molecule has 1 aliphatic rings. The van der Waals surface area contributed by atoms with Gasteiger partial charge in [-0.2, -0.15) is 0 Å². The number of nitrogens with one attached hydrogen (secondary N) is 1. The van der Waals surface area contributed by atoms with Gasteiger partial charge in [0.1, 0.15) is 22.7 Å². The molecule has 3 aromatic heterocycles. The fraction of sp³-hybridized carbons (Fsp3) is 0.538. The normalized spacial score (nSPS) is 14.6. The van der Waals surface area contributed by atoms with Gasteiger partial charge in [-0.15, -0.1) is 22.7 Å². The number of carbonyl (C=O) groups is 2. The van der Waals surface area contributed by atoms with Crippen LogP contribution in [0.1, 0.15) is 62.8 Å². The first kappa shape index (κ1) is 26.7. The van der Waals surface area contributed by atoms with E-state index in [1.54, 1.807) is 45.3 Å². The number of amides is 2. The maximum Gasteiger partial charge on any atom is 0.410 e. The number of nitrogens with zero attached hydrogens (tertiary/aromatic N) is 3. The second-order valence-corrected chi connectivity index (χ2v) is 12.4. The molecule has 36 heavy (non-hydrogen) atoms. The second kappa shape index (κ2) is 11.3. The molecule has 8 nitrogen and oxygen atoms in total. The molecule has 1 aliphatic heterocycles. The number of hydrogen-bond acceptors (Lipinski definition) is 8. The Morgan fingerprint density at radius 2 is 2.11 bits per heavy atom. The minimum atomic E-state index is -0.530. The smallest absolute Gasteiger partial charge is 0.410 e. The maximum absolute atomic E-state index is 12.7. The quantitative estimate of drug-likeness (QED) is 0.455. The van der Waals surface area contributed by atoms with Crippen LogP contribution in [0.15, 0.2) is 18.5 Å². The van der Waals surface area contributed by atoms with Crippen LogP contribution in [0, 0.1) is 0 Å². The molecule has 0 saturated heterocycles. The lowest BCUT2D eigenvalue weighted by Crippen LogP contribution is -2.86. The number of pyridine rings is 1. The minimum Gasteiger partial charge on any atom is -0.444 e. The third kappa shape index (κ3) is 6.47. The van der Waals surface area contributed by atoms with E-state index in [0.29, 0.717) is 38.6 Å². The van der Waals surface area contributed by atoms with Gasteiger partial charge in [0.05, 0.1) is 28.7 Å². The summed E-state index contributed by atoms with van der Waals surface area (Å²) in [4.78, 5) is 38.5. The number of carbonyl (C=O) groups excluding carboxylic acids is 2. The lowest BCUT2D eigenvalue weighted by atomic mass is 10.0. The minimum absolute atomic E-state index is 0.145. The third-order valence-corrected chi connectivity index (χ3v) is 8.47. The lowest BCUT2D eigenvalue weighted by Gasteiger charge is -2.30. The van der Waals surface area contributed by atoms with Crippen LogP contribution in [0.4, 0.5) is 4.79 Å². The number of ether oxygens (including phenoxy) is 1. The summed E-state index contributed by atoms with van der Waals surface area (Å²) in [5, 5.41) is 6.14. The number of fused-ring (bicyclic) bond motifs is 2. The van der Waals surface area contributed by atoms with E-state index in [1.165, 1.54) is 5.56 Å². The molecule has 194 valence electrons. The van der Waals surface area contributed by atoms with Crippen molar-refractivity contribution in [2.24, 2.45) is 0 Å². The molecular weight excluding hydrogens is 494 g/mol. The molecule has 2 amide bonds. The maximum atomic E-state index is 12.7. The third-order valence-electron chi connectivity index (χ3n) is 6.18. The van der Waals surface area contributed by atoms with Crippen LogP contribution < -0.4 is 10.6 Å². The second-order valence-electron chi connectivity index (χ2n) is 10.2. The monoisotopic (exact) mass is 530 g/mol. The fourth-order valence-corrected chi connectivity index (χ4v) is 6.55. The van der Waals surface area contributed by atoms with Gasteiger partial charge in [0.15, 0.2) is 0 Å². The highest BCUT2D eigenvalue weighted by Crippen LogP contribution is 2.42. The number of hydrogen-bond donors (Lipinski definition) is 2.